The van der Waals surface area contributed by atoms with Gasteiger partial charge in [-0.2, -0.15) is 14.9 Å². The Balaban J connectivity index is 1.67. The van der Waals surface area contributed by atoms with Crippen LogP contribution < -0.4 is 16.4 Å². The second-order valence-electron chi connectivity index (χ2n) is 10.0. The molecule has 0 aliphatic heterocycles. The Morgan fingerprint density at radius 3 is 2.58 bits per heavy atom. The van der Waals surface area contributed by atoms with Crippen molar-refractivity contribution in [1.29, 1.82) is 0 Å². The van der Waals surface area contributed by atoms with Gasteiger partial charge in [0.15, 0.2) is 5.82 Å². The highest BCUT2D eigenvalue weighted by Crippen LogP contribution is 2.30. The number of hydrogen-bond donors (Lipinski definition) is 3. The van der Waals surface area contributed by atoms with Crippen molar-refractivity contribution in [1.82, 2.24) is 29.5 Å². The molecule has 0 aliphatic carbocycles. The van der Waals surface area contributed by atoms with Crippen LogP contribution in [0.3, 0.4) is 0 Å². The fourth-order valence-electron chi connectivity index (χ4n) is 4.33. The molecule has 0 aliphatic rings. The monoisotopic (exact) mass is 515 g/mol. The third-order valence-corrected chi connectivity index (χ3v) is 6.36. The SMILES string of the molecule is Cn1cc(-c2ccnc(-n3ncc4cc(C(C)(C)C)cc(F)c4c3=O)c2CO)cc(Nc2ccn[nH]2)c1=O. The van der Waals surface area contributed by atoms with Gasteiger partial charge in [-0.3, -0.25) is 14.7 Å². The van der Waals surface area contributed by atoms with Crippen molar-refractivity contribution in [3.05, 3.63) is 92.8 Å². The molecule has 4 heterocycles. The van der Waals surface area contributed by atoms with E-state index in [0.29, 0.717) is 27.9 Å². The number of pyridine rings is 2. The van der Waals surface area contributed by atoms with E-state index in [4.69, 9.17) is 0 Å². The number of nitrogens with zero attached hydrogens (tertiary/aromatic N) is 5. The number of H-pyrrole nitrogens is 1. The summed E-state index contributed by atoms with van der Waals surface area (Å²) in [5, 5.41) is 24.5. The molecule has 0 fully saturated rings. The first-order chi connectivity index (χ1) is 18.1. The van der Waals surface area contributed by atoms with Crippen molar-refractivity contribution in [3.8, 4) is 16.9 Å². The van der Waals surface area contributed by atoms with Crippen molar-refractivity contribution in [2.45, 2.75) is 32.8 Å². The van der Waals surface area contributed by atoms with Crippen molar-refractivity contribution in [2.24, 2.45) is 7.05 Å². The molecule has 0 spiro atoms. The summed E-state index contributed by atoms with van der Waals surface area (Å²) in [4.78, 5) is 30.5. The van der Waals surface area contributed by atoms with Gasteiger partial charge in [-0.15, -0.1) is 0 Å². The Morgan fingerprint density at radius 1 is 1.11 bits per heavy atom. The predicted molar refractivity (Wildman–Crippen MR) is 142 cm³/mol. The molecular weight excluding hydrogens is 489 g/mol. The summed E-state index contributed by atoms with van der Waals surface area (Å²) < 4.78 is 17.6. The smallest absolute Gasteiger partial charge is 0.283 e. The maximum Gasteiger partial charge on any atom is 0.283 e. The molecule has 1 aromatic carbocycles. The number of fused-ring (bicyclic) bond motifs is 1. The second kappa shape index (κ2) is 9.34. The van der Waals surface area contributed by atoms with Crippen LogP contribution in [0.4, 0.5) is 15.9 Å². The molecule has 0 saturated carbocycles. The Morgan fingerprint density at radius 2 is 1.89 bits per heavy atom. The standard InChI is InChI=1S/C27H26FN7O3/c1-27(2,3)17-9-15-12-31-35(26(38)23(15)20(28)11-17)24-19(14-36)18(5-7-29-24)16-10-21(25(37)34(4)13-16)32-22-6-8-30-33-22/h5-13,36H,14H2,1-4H3,(H2,30,32,33). The van der Waals surface area contributed by atoms with E-state index in [9.17, 15) is 14.7 Å². The second-order valence-corrected chi connectivity index (χ2v) is 10.0. The van der Waals surface area contributed by atoms with Gasteiger partial charge in [0.05, 0.1) is 24.4 Å². The lowest BCUT2D eigenvalue weighted by atomic mass is 9.86. The summed E-state index contributed by atoms with van der Waals surface area (Å²) in [7, 11) is 1.61. The van der Waals surface area contributed by atoms with Crippen LogP contribution in [0.25, 0.3) is 27.7 Å². The molecule has 38 heavy (non-hydrogen) atoms. The highest BCUT2D eigenvalue weighted by Gasteiger charge is 2.21. The zero-order valence-corrected chi connectivity index (χ0v) is 21.3. The number of aromatic amines is 1. The number of nitrogens with one attached hydrogen (secondary N) is 2. The number of aliphatic hydroxyl groups is 1. The minimum Gasteiger partial charge on any atom is -0.392 e. The van der Waals surface area contributed by atoms with Crippen LogP contribution in [0.2, 0.25) is 0 Å². The van der Waals surface area contributed by atoms with Gasteiger partial charge in [-0.05, 0) is 40.8 Å². The van der Waals surface area contributed by atoms with Gasteiger partial charge < -0.3 is 15.0 Å². The van der Waals surface area contributed by atoms with Crippen molar-refractivity contribution >= 4 is 22.3 Å². The number of aromatic nitrogens is 6. The molecule has 0 amide bonds. The Kier molecular flexibility index (Phi) is 6.15. The lowest BCUT2D eigenvalue weighted by Gasteiger charge is -2.20. The summed E-state index contributed by atoms with van der Waals surface area (Å²) in [6.07, 6.45) is 6.05. The molecule has 5 aromatic rings. The summed E-state index contributed by atoms with van der Waals surface area (Å²) in [5.74, 6) is -0.0587. The quantitative estimate of drug-likeness (QED) is 0.326. The molecule has 4 aromatic heterocycles. The number of halogens is 1. The van der Waals surface area contributed by atoms with E-state index in [0.717, 1.165) is 10.2 Å². The van der Waals surface area contributed by atoms with Gasteiger partial charge in [-0.1, -0.05) is 20.8 Å². The van der Waals surface area contributed by atoms with Crippen molar-refractivity contribution in [2.75, 3.05) is 5.32 Å². The lowest BCUT2D eigenvalue weighted by Crippen LogP contribution is -2.25. The van der Waals surface area contributed by atoms with E-state index in [2.05, 4.69) is 25.6 Å². The number of hydrogen-bond acceptors (Lipinski definition) is 7. The molecular formula is C27H26FN7O3. The lowest BCUT2D eigenvalue weighted by molar-refractivity contribution is 0.281. The minimum absolute atomic E-state index is 0.0631. The zero-order valence-electron chi connectivity index (χ0n) is 21.3. The Bertz CT molecular complexity index is 1780. The summed E-state index contributed by atoms with van der Waals surface area (Å²) in [5.41, 5.74) is 1.13. The molecule has 10 nitrogen and oxygen atoms in total. The van der Waals surface area contributed by atoms with Crippen LogP contribution in [0, 0.1) is 5.82 Å². The van der Waals surface area contributed by atoms with Gasteiger partial charge in [0.1, 0.15) is 17.3 Å². The van der Waals surface area contributed by atoms with E-state index >= 15 is 4.39 Å². The van der Waals surface area contributed by atoms with Gasteiger partial charge >= 0.3 is 0 Å². The third-order valence-electron chi connectivity index (χ3n) is 6.36. The van der Waals surface area contributed by atoms with Crippen LogP contribution in [0.1, 0.15) is 31.9 Å². The van der Waals surface area contributed by atoms with E-state index in [1.807, 2.05) is 20.8 Å². The fraction of sp³-hybridized carbons (Fsp3) is 0.222. The topological polar surface area (TPSA) is 131 Å². The number of aliphatic hydroxyl groups excluding tert-OH is 1. The van der Waals surface area contributed by atoms with Crippen molar-refractivity contribution in [3.63, 3.8) is 0 Å². The van der Waals surface area contributed by atoms with E-state index in [-0.39, 0.29) is 27.9 Å². The maximum absolute atomic E-state index is 15.2. The fourth-order valence-corrected chi connectivity index (χ4v) is 4.33. The molecule has 194 valence electrons. The first-order valence-corrected chi connectivity index (χ1v) is 11.9. The number of benzene rings is 1. The Labute approximate surface area is 216 Å². The Hall–Kier alpha value is -4.64. The summed E-state index contributed by atoms with van der Waals surface area (Å²) >= 11 is 0. The van der Waals surface area contributed by atoms with E-state index in [1.165, 1.54) is 23.0 Å². The van der Waals surface area contributed by atoms with Gasteiger partial charge in [-0.25, -0.2) is 9.37 Å². The van der Waals surface area contributed by atoms with Crippen LogP contribution in [-0.4, -0.2) is 34.6 Å². The van der Waals surface area contributed by atoms with Crippen LogP contribution in [0.5, 0.6) is 0 Å². The summed E-state index contributed by atoms with van der Waals surface area (Å²) in [6, 6.07) is 8.09. The van der Waals surface area contributed by atoms with Gasteiger partial charge in [0, 0.05) is 42.0 Å². The average Bonchev–Trinajstić information content (AvgIpc) is 3.38. The normalized spacial score (nSPS) is 11.7. The molecule has 0 radical (unpaired) electrons. The molecule has 5 rings (SSSR count). The predicted octanol–water partition coefficient (Wildman–Crippen LogP) is 3.54. The zero-order chi connectivity index (χ0) is 27.2. The highest BCUT2D eigenvalue weighted by molar-refractivity contribution is 5.83. The maximum atomic E-state index is 15.2. The number of aryl methyl sites for hydroxylation is 1. The van der Waals surface area contributed by atoms with Crippen LogP contribution in [-0.2, 0) is 19.1 Å². The average molecular weight is 516 g/mol. The van der Waals surface area contributed by atoms with Crippen molar-refractivity contribution < 1.29 is 9.50 Å². The van der Waals surface area contributed by atoms with E-state index in [1.54, 1.807) is 43.7 Å². The summed E-state index contributed by atoms with van der Waals surface area (Å²) in [6.45, 7) is 5.39. The highest BCUT2D eigenvalue weighted by atomic mass is 19.1. The molecule has 0 saturated heterocycles. The minimum atomic E-state index is -0.693. The number of rotatable bonds is 5. The first-order valence-electron chi connectivity index (χ1n) is 11.9. The van der Waals surface area contributed by atoms with Gasteiger partial charge in [0.2, 0.25) is 0 Å². The number of anilines is 2. The van der Waals surface area contributed by atoms with Crippen LogP contribution >= 0.6 is 0 Å². The molecule has 0 bridgehead atoms. The molecule has 0 atom stereocenters. The molecule has 3 N–H and O–H groups in total. The van der Waals surface area contributed by atoms with Crippen LogP contribution in [0.15, 0.2) is 64.7 Å². The largest absolute Gasteiger partial charge is 0.392 e. The molecule has 0 unspecified atom stereocenters. The molecule has 11 heteroatoms. The van der Waals surface area contributed by atoms with Gasteiger partial charge in [0.25, 0.3) is 11.1 Å². The first kappa shape index (κ1) is 25.0. The third kappa shape index (κ3) is 4.37. The van der Waals surface area contributed by atoms with E-state index < -0.39 is 18.0 Å².